The molecule has 0 spiro atoms. The van der Waals surface area contributed by atoms with Gasteiger partial charge in [-0.05, 0) is 86.2 Å². The van der Waals surface area contributed by atoms with Crippen LogP contribution in [0.4, 0.5) is 17.6 Å². The van der Waals surface area contributed by atoms with Gasteiger partial charge < -0.3 is 14.4 Å². The highest BCUT2D eigenvalue weighted by molar-refractivity contribution is 7.98. The second-order valence-corrected chi connectivity index (χ2v) is 11.0. The molecule has 4 atom stereocenters. The highest BCUT2D eigenvalue weighted by atomic mass is 32.2. The molecule has 48 heavy (non-hydrogen) atoms. The van der Waals surface area contributed by atoms with E-state index >= 15 is 4.79 Å². The molecule has 258 valence electrons. The Morgan fingerprint density at radius 2 is 1.81 bits per heavy atom. The number of hydrogen-bond acceptors (Lipinski definition) is 5. The molecular formula is C37H44F4N4O2S. The van der Waals surface area contributed by atoms with Crippen molar-refractivity contribution in [1.82, 2.24) is 19.4 Å². The number of alkyl halides is 3. The number of benzene rings is 1. The molecule has 0 saturated heterocycles. The van der Waals surface area contributed by atoms with Crippen LogP contribution in [-0.4, -0.2) is 63.9 Å². The van der Waals surface area contributed by atoms with Crippen LogP contribution in [0.5, 0.6) is 0 Å². The first-order chi connectivity index (χ1) is 31.9. The Morgan fingerprint density at radius 3 is 2.52 bits per heavy atom. The number of amides is 1. The lowest BCUT2D eigenvalue weighted by Gasteiger charge is -2.30. The first-order valence-electron chi connectivity index (χ1n) is 26.1. The van der Waals surface area contributed by atoms with Gasteiger partial charge in [0.15, 0.2) is 5.16 Å². The van der Waals surface area contributed by atoms with Crippen LogP contribution in [0.3, 0.4) is 0 Å². The van der Waals surface area contributed by atoms with Gasteiger partial charge in [0.1, 0.15) is 12.4 Å². The molecule has 1 aromatic heterocycles. The van der Waals surface area contributed by atoms with E-state index in [1.165, 1.54) is 0 Å². The van der Waals surface area contributed by atoms with Gasteiger partial charge in [-0.25, -0.2) is 4.39 Å². The number of carbonyl (C=O) groups excluding carboxylic acids is 1. The first kappa shape index (κ1) is 16.5. The summed E-state index contributed by atoms with van der Waals surface area (Å²) in [7, 11) is 0. The molecule has 0 bridgehead atoms. The zero-order valence-corrected chi connectivity index (χ0v) is 26.5. The molecule has 4 unspecified atom stereocenters. The largest absolute Gasteiger partial charge is 0.412 e. The molecular weight excluding hydrogens is 640 g/mol. The molecule has 0 N–H and O–H groups in total. The fraction of sp³-hybridized carbons (Fsp3) is 0.486. The standard InChI is InChI=1S/C37H44F4N4O2S/c1-4-43(5-2)19-20-44(22-26-9-13-28(14-10-26)29-15-18-32(25(3)21-29)37(39,40)41)34(46)23-45-33-8-6-7-31(33)35(47)42-36(45)48-24-27-11-16-30(38)17-12-27/h9,11-13,15-18,25H,4-8,10,14,19-24H2,1-3H3/i4D2,5D2,9D,10D,11D,12D,13D,14D,15D,16D,17D,18D,19D2,20D2,21D,22D2,24D2. The van der Waals surface area contributed by atoms with Crippen LogP contribution < -0.4 is 5.56 Å². The SMILES string of the molecule is [2H]C1=C(C2=C([2H])C([2H])=C(C(F)(F)F)C(C)C2[2H])C([2H])C([2H])C(C([2H])([2H])N(C(=O)Cn2c(SC([2H])([2H])c3c([2H])c([2H])c(F)c([2H])c3[2H])nc(=O)c3c2CCC3)C([2H])([2H])C([2H])([2H])N(C([2H])([2H])C)C([2H])([2H])C)=C1[2H]. The molecule has 0 aliphatic heterocycles. The number of nitrogens with zero attached hydrogens (tertiary/aromatic N) is 4. The fourth-order valence-electron chi connectivity index (χ4n) is 4.79. The van der Waals surface area contributed by atoms with Gasteiger partial charge in [-0.3, -0.25) is 9.59 Å². The molecule has 11 heteroatoms. The maximum Gasteiger partial charge on any atom is 0.412 e. The Balaban J connectivity index is 1.83. The van der Waals surface area contributed by atoms with E-state index in [9.17, 15) is 27.8 Å². The zero-order chi connectivity index (χ0) is 54.8. The molecule has 0 saturated carbocycles. The minimum Gasteiger partial charge on any atom is -0.336 e. The van der Waals surface area contributed by atoms with Crippen molar-refractivity contribution >= 4 is 17.7 Å². The van der Waals surface area contributed by atoms with Crippen LogP contribution in [-0.2, 0) is 29.9 Å². The van der Waals surface area contributed by atoms with Crippen molar-refractivity contribution in [1.29, 1.82) is 0 Å². The highest BCUT2D eigenvalue weighted by Crippen LogP contribution is 2.40. The third kappa shape index (κ3) is 8.77. The van der Waals surface area contributed by atoms with E-state index in [2.05, 4.69) is 4.98 Å². The number of likely N-dealkylation sites (N-methyl/N-ethyl adjacent to an activating group) is 1. The van der Waals surface area contributed by atoms with E-state index in [1.807, 2.05) is 0 Å². The van der Waals surface area contributed by atoms with Gasteiger partial charge in [-0.1, -0.05) is 74.4 Å². The quantitative estimate of drug-likeness (QED) is 0.123. The van der Waals surface area contributed by atoms with Gasteiger partial charge in [0.25, 0.3) is 5.56 Å². The Morgan fingerprint density at radius 1 is 1.08 bits per heavy atom. The normalized spacial score (nSPS) is 32.0. The van der Waals surface area contributed by atoms with Crippen molar-refractivity contribution in [3.05, 3.63) is 104 Å². The second-order valence-electron chi connectivity index (χ2n) is 10.2. The monoisotopic (exact) mass is 707 g/mol. The van der Waals surface area contributed by atoms with Gasteiger partial charge in [0.05, 0.1) is 16.4 Å². The molecule has 3 aliphatic carbocycles. The molecule has 1 heterocycles. The van der Waals surface area contributed by atoms with Crippen molar-refractivity contribution < 1.29 is 53.9 Å². The third-order valence-corrected chi connectivity index (χ3v) is 7.88. The smallest absolute Gasteiger partial charge is 0.336 e. The minimum absolute atomic E-state index is 0.0335. The molecule has 6 nitrogen and oxygen atoms in total. The number of carbonyl (C=O) groups is 1. The van der Waals surface area contributed by atoms with Crippen molar-refractivity contribution in [2.75, 3.05) is 32.5 Å². The predicted molar refractivity (Wildman–Crippen MR) is 182 cm³/mol. The van der Waals surface area contributed by atoms with Crippen molar-refractivity contribution in [3.8, 4) is 0 Å². The van der Waals surface area contributed by atoms with Gasteiger partial charge in [0.2, 0.25) is 5.91 Å². The number of thioether (sulfide) groups is 1. The van der Waals surface area contributed by atoms with E-state index in [-0.39, 0.29) is 47.2 Å². The Bertz CT molecular complexity index is 2710. The van der Waals surface area contributed by atoms with Crippen LogP contribution in [0.2, 0.25) is 0 Å². The lowest BCUT2D eigenvalue weighted by Crippen LogP contribution is -2.42. The topological polar surface area (TPSA) is 58.4 Å². The molecule has 2 aromatic rings. The second kappa shape index (κ2) is 15.8. The summed E-state index contributed by atoms with van der Waals surface area (Å²) in [6, 6.07) is -10.6. The van der Waals surface area contributed by atoms with Crippen LogP contribution in [0.15, 0.2) is 80.6 Å². The van der Waals surface area contributed by atoms with E-state index in [4.69, 9.17) is 26.0 Å². The summed E-state index contributed by atoms with van der Waals surface area (Å²) in [5.74, 6) is -5.55. The van der Waals surface area contributed by atoms with Gasteiger partial charge in [-0.15, -0.1) is 0 Å². The fourth-order valence-corrected chi connectivity index (χ4v) is 5.50. The number of halogens is 4. The van der Waals surface area contributed by atoms with Crippen LogP contribution in [0.25, 0.3) is 0 Å². The molecule has 3 aliphatic rings. The average molecular weight is 708 g/mol. The maximum absolute atomic E-state index is 15.1. The molecule has 1 aromatic carbocycles. The molecule has 5 rings (SSSR count). The summed E-state index contributed by atoms with van der Waals surface area (Å²) < 4.78 is 257. The zero-order valence-electron chi connectivity index (χ0n) is 48.7. The molecule has 1 amide bonds. The lowest BCUT2D eigenvalue weighted by atomic mass is 9.82. The number of aromatic nitrogens is 2. The van der Waals surface area contributed by atoms with Gasteiger partial charge in [-0.2, -0.15) is 18.2 Å². The van der Waals surface area contributed by atoms with Crippen molar-refractivity contribution in [2.24, 2.45) is 5.92 Å². The van der Waals surface area contributed by atoms with E-state index in [0.29, 0.717) is 13.8 Å². The maximum atomic E-state index is 15.1. The minimum atomic E-state index is -5.22. The van der Waals surface area contributed by atoms with Gasteiger partial charge >= 0.3 is 6.18 Å². The van der Waals surface area contributed by atoms with Crippen LogP contribution >= 0.6 is 11.8 Å². The number of fused-ring (bicyclic) bond motifs is 1. The van der Waals surface area contributed by atoms with Gasteiger partial charge in [0, 0.05) is 57.1 Å². The average Bonchev–Trinajstić information content (AvgIpc) is 3.69. The van der Waals surface area contributed by atoms with E-state index < -0.39 is 180 Å². The Labute approximate surface area is 316 Å². The number of hydrogen-bond donors (Lipinski definition) is 0. The van der Waals surface area contributed by atoms with Crippen molar-refractivity contribution in [3.63, 3.8) is 0 Å². The van der Waals surface area contributed by atoms with E-state index in [0.717, 1.165) is 11.5 Å². The first-order valence-corrected chi connectivity index (χ1v) is 15.2. The number of rotatable bonds is 13. The molecule has 0 fully saturated rings. The summed E-state index contributed by atoms with van der Waals surface area (Å²) >= 11 is -0.134. The summed E-state index contributed by atoms with van der Waals surface area (Å²) in [4.78, 5) is 31.4. The molecule has 0 radical (unpaired) electrons. The Hall–Kier alpha value is -3.44. The van der Waals surface area contributed by atoms with Crippen LogP contribution in [0, 0.1) is 11.7 Å². The summed E-state index contributed by atoms with van der Waals surface area (Å²) in [5, 5.41) is -0.845. The summed E-state index contributed by atoms with van der Waals surface area (Å²) in [6.45, 7) is -18.8. The lowest BCUT2D eigenvalue weighted by molar-refractivity contribution is -0.131. The van der Waals surface area contributed by atoms with Crippen LogP contribution in [0.1, 0.15) is 94.7 Å². The summed E-state index contributed by atoms with van der Waals surface area (Å²) in [5.41, 5.74) is -10.5. The number of allylic oxidation sites excluding steroid dienone is 7. The van der Waals surface area contributed by atoms with E-state index in [1.54, 1.807) is 0 Å². The van der Waals surface area contributed by atoms with Crippen molar-refractivity contribution in [2.45, 2.75) is 82.8 Å². The summed E-state index contributed by atoms with van der Waals surface area (Å²) in [6.07, 6.45) is -12.5. The Kier molecular flexibility index (Phi) is 5.45. The third-order valence-electron chi connectivity index (χ3n) is 7.08. The predicted octanol–water partition coefficient (Wildman–Crippen LogP) is 7.44. The highest BCUT2D eigenvalue weighted by Gasteiger charge is 2.38.